The number of carbonyl (C=O) groups excluding carboxylic acids is 1. The molecular weight excluding hydrogens is 504 g/mol. The van der Waals surface area contributed by atoms with Gasteiger partial charge in [0.1, 0.15) is 17.6 Å². The first-order chi connectivity index (χ1) is 17.9. The summed E-state index contributed by atoms with van der Waals surface area (Å²) in [6.45, 7) is 4.40. The van der Waals surface area contributed by atoms with Crippen LogP contribution in [-0.4, -0.2) is 27.4 Å². The van der Waals surface area contributed by atoms with E-state index in [0.29, 0.717) is 22.4 Å². The standard InChI is InChI=1S/C29H27ClN4O2S/c1-18-6-10-21(11-7-18)32-26(35)14-16-34-28(27(33-29(34)37)23-5-3-4-15-31-23)25-13-12-24(36-25)20-9-8-19(2)22(30)17-20/h3-13,15,17,27-28H,14,16H2,1-2H3,(H,32,35)(H,33,37)/t27-,28-/m1/s1. The predicted octanol–water partition coefficient (Wildman–Crippen LogP) is 6.61. The number of aromatic nitrogens is 1. The first-order valence-electron chi connectivity index (χ1n) is 12.1. The van der Waals surface area contributed by atoms with E-state index in [1.165, 1.54) is 0 Å². The molecule has 37 heavy (non-hydrogen) atoms. The number of anilines is 1. The summed E-state index contributed by atoms with van der Waals surface area (Å²) in [6, 6.07) is 22.8. The maximum atomic E-state index is 12.8. The summed E-state index contributed by atoms with van der Waals surface area (Å²) in [5.74, 6) is 1.36. The summed E-state index contributed by atoms with van der Waals surface area (Å²) < 4.78 is 6.36. The van der Waals surface area contributed by atoms with E-state index in [2.05, 4.69) is 15.6 Å². The van der Waals surface area contributed by atoms with E-state index in [0.717, 1.165) is 33.8 Å². The molecule has 1 amide bonds. The van der Waals surface area contributed by atoms with E-state index in [-0.39, 0.29) is 24.4 Å². The fraction of sp³-hybridized carbons (Fsp3) is 0.207. The number of halogens is 1. The number of rotatable bonds is 7. The average molecular weight is 531 g/mol. The van der Waals surface area contributed by atoms with Crippen LogP contribution in [0, 0.1) is 13.8 Å². The van der Waals surface area contributed by atoms with Crippen LogP contribution in [0.25, 0.3) is 11.3 Å². The predicted molar refractivity (Wildman–Crippen MR) is 150 cm³/mol. The van der Waals surface area contributed by atoms with Crippen LogP contribution in [0.15, 0.2) is 83.4 Å². The number of amides is 1. The van der Waals surface area contributed by atoms with Crippen molar-refractivity contribution in [3.8, 4) is 11.3 Å². The molecule has 188 valence electrons. The fourth-order valence-corrected chi connectivity index (χ4v) is 4.96. The van der Waals surface area contributed by atoms with Gasteiger partial charge in [-0.1, -0.05) is 47.5 Å². The molecule has 6 nitrogen and oxygen atoms in total. The third-order valence-electron chi connectivity index (χ3n) is 6.49. The number of furan rings is 1. The fourth-order valence-electron chi connectivity index (χ4n) is 4.45. The highest BCUT2D eigenvalue weighted by Gasteiger charge is 2.41. The molecule has 0 saturated carbocycles. The summed E-state index contributed by atoms with van der Waals surface area (Å²) >= 11 is 12.1. The topological polar surface area (TPSA) is 70.4 Å². The van der Waals surface area contributed by atoms with Crippen LogP contribution in [0.3, 0.4) is 0 Å². The maximum absolute atomic E-state index is 12.8. The number of hydrogen-bond donors (Lipinski definition) is 2. The van der Waals surface area contributed by atoms with Gasteiger partial charge < -0.3 is 20.0 Å². The smallest absolute Gasteiger partial charge is 0.226 e. The number of nitrogens with one attached hydrogen (secondary N) is 2. The highest BCUT2D eigenvalue weighted by atomic mass is 35.5. The average Bonchev–Trinajstić information content (AvgIpc) is 3.51. The Bertz CT molecular complexity index is 1420. The number of carbonyl (C=O) groups is 1. The zero-order valence-corrected chi connectivity index (χ0v) is 22.1. The lowest BCUT2D eigenvalue weighted by Gasteiger charge is -2.25. The molecule has 2 aromatic heterocycles. The van der Waals surface area contributed by atoms with E-state index in [1.54, 1.807) is 6.20 Å². The summed E-state index contributed by atoms with van der Waals surface area (Å²) in [6.07, 6.45) is 2.03. The van der Waals surface area contributed by atoms with Gasteiger partial charge in [-0.25, -0.2) is 0 Å². The van der Waals surface area contributed by atoms with Crippen molar-refractivity contribution < 1.29 is 9.21 Å². The Hall–Kier alpha value is -3.68. The molecule has 3 heterocycles. The van der Waals surface area contributed by atoms with Crippen LogP contribution in [0.4, 0.5) is 5.69 Å². The van der Waals surface area contributed by atoms with Crippen LogP contribution in [0.1, 0.15) is 41.1 Å². The Morgan fingerprint density at radius 2 is 1.92 bits per heavy atom. The zero-order chi connectivity index (χ0) is 25.9. The SMILES string of the molecule is Cc1ccc(NC(=O)CCN2C(=S)N[C@H](c3ccccn3)[C@H]2c2ccc(-c3ccc(C)c(Cl)c3)o2)cc1. The molecule has 1 aliphatic rings. The Labute approximate surface area is 226 Å². The van der Waals surface area contributed by atoms with Crippen molar-refractivity contribution in [1.82, 2.24) is 15.2 Å². The van der Waals surface area contributed by atoms with Crippen molar-refractivity contribution >= 4 is 40.5 Å². The number of thiocarbonyl (C=S) groups is 1. The third kappa shape index (κ3) is 5.53. The van der Waals surface area contributed by atoms with Crippen molar-refractivity contribution in [2.24, 2.45) is 0 Å². The molecule has 8 heteroatoms. The molecule has 2 N–H and O–H groups in total. The van der Waals surface area contributed by atoms with Gasteiger partial charge in [-0.15, -0.1) is 0 Å². The summed E-state index contributed by atoms with van der Waals surface area (Å²) in [5, 5.41) is 7.60. The number of aryl methyl sites for hydroxylation is 2. The van der Waals surface area contributed by atoms with Crippen LogP contribution < -0.4 is 10.6 Å². The first kappa shape index (κ1) is 25.0. The van der Waals surface area contributed by atoms with Crippen molar-refractivity contribution in [2.75, 3.05) is 11.9 Å². The van der Waals surface area contributed by atoms with E-state index in [4.69, 9.17) is 28.2 Å². The Balaban J connectivity index is 1.40. The van der Waals surface area contributed by atoms with Crippen LogP contribution in [-0.2, 0) is 4.79 Å². The highest BCUT2D eigenvalue weighted by Crippen LogP contribution is 2.40. The van der Waals surface area contributed by atoms with Crippen LogP contribution in [0.2, 0.25) is 5.02 Å². The van der Waals surface area contributed by atoms with E-state index < -0.39 is 0 Å². The van der Waals surface area contributed by atoms with E-state index >= 15 is 0 Å². The zero-order valence-electron chi connectivity index (χ0n) is 20.6. The van der Waals surface area contributed by atoms with Gasteiger partial charge in [0.25, 0.3) is 0 Å². The largest absolute Gasteiger partial charge is 0.459 e. The molecule has 1 saturated heterocycles. The minimum Gasteiger partial charge on any atom is -0.459 e. The molecule has 0 aliphatic carbocycles. The number of nitrogens with zero attached hydrogens (tertiary/aromatic N) is 2. The molecule has 0 bridgehead atoms. The summed E-state index contributed by atoms with van der Waals surface area (Å²) in [7, 11) is 0. The number of benzene rings is 2. The van der Waals surface area contributed by atoms with Crippen molar-refractivity contribution in [3.63, 3.8) is 0 Å². The quantitative estimate of drug-likeness (QED) is 0.262. The van der Waals surface area contributed by atoms with Gasteiger partial charge in [0, 0.05) is 35.4 Å². The molecule has 4 aromatic rings. The summed E-state index contributed by atoms with van der Waals surface area (Å²) in [4.78, 5) is 19.3. The second-order valence-corrected chi connectivity index (χ2v) is 9.94. The lowest BCUT2D eigenvalue weighted by atomic mass is 10.0. The Morgan fingerprint density at radius 1 is 1.11 bits per heavy atom. The van der Waals surface area contributed by atoms with E-state index in [9.17, 15) is 4.79 Å². The number of pyridine rings is 1. The van der Waals surface area contributed by atoms with E-state index in [1.807, 2.05) is 91.5 Å². The van der Waals surface area contributed by atoms with Gasteiger partial charge in [-0.3, -0.25) is 9.78 Å². The molecule has 0 spiro atoms. The second-order valence-electron chi connectivity index (χ2n) is 9.15. The minimum absolute atomic E-state index is 0.0823. The highest BCUT2D eigenvalue weighted by molar-refractivity contribution is 7.80. The maximum Gasteiger partial charge on any atom is 0.226 e. The molecule has 0 unspecified atom stereocenters. The minimum atomic E-state index is -0.274. The van der Waals surface area contributed by atoms with Gasteiger partial charge in [-0.2, -0.15) is 0 Å². The summed E-state index contributed by atoms with van der Waals surface area (Å²) in [5.41, 5.74) is 4.66. The van der Waals surface area contributed by atoms with Crippen molar-refractivity contribution in [2.45, 2.75) is 32.4 Å². The van der Waals surface area contributed by atoms with Crippen LogP contribution >= 0.6 is 23.8 Å². The van der Waals surface area contributed by atoms with Crippen LogP contribution in [0.5, 0.6) is 0 Å². The molecule has 1 aliphatic heterocycles. The van der Waals surface area contributed by atoms with Crippen molar-refractivity contribution in [1.29, 1.82) is 0 Å². The second kappa shape index (κ2) is 10.7. The van der Waals surface area contributed by atoms with Crippen molar-refractivity contribution in [3.05, 3.63) is 107 Å². The third-order valence-corrected chi connectivity index (χ3v) is 7.25. The molecule has 0 radical (unpaired) electrons. The molecule has 5 rings (SSSR count). The number of hydrogen-bond acceptors (Lipinski definition) is 4. The Kier molecular flexibility index (Phi) is 7.26. The molecule has 1 fully saturated rings. The van der Waals surface area contributed by atoms with Gasteiger partial charge in [-0.05, 0) is 74.1 Å². The first-order valence-corrected chi connectivity index (χ1v) is 12.9. The van der Waals surface area contributed by atoms with Gasteiger partial charge >= 0.3 is 0 Å². The van der Waals surface area contributed by atoms with Gasteiger partial charge in [0.05, 0.1) is 11.7 Å². The molecule has 2 atom stereocenters. The van der Waals surface area contributed by atoms with Gasteiger partial charge in [0.2, 0.25) is 5.91 Å². The molecular formula is C29H27ClN4O2S. The lowest BCUT2D eigenvalue weighted by molar-refractivity contribution is -0.116. The lowest BCUT2D eigenvalue weighted by Crippen LogP contribution is -2.32. The van der Waals surface area contributed by atoms with Gasteiger partial charge in [0.15, 0.2) is 5.11 Å². The molecule has 2 aromatic carbocycles. The Morgan fingerprint density at radius 3 is 2.65 bits per heavy atom. The normalized spacial score (nSPS) is 17.1. The monoisotopic (exact) mass is 530 g/mol.